The third kappa shape index (κ3) is 5.76. The fourth-order valence-corrected chi connectivity index (χ4v) is 10.2. The summed E-state index contributed by atoms with van der Waals surface area (Å²) in [7, 11) is -0.212. The summed E-state index contributed by atoms with van der Waals surface area (Å²) in [6.07, 6.45) is -0.860. The number of pyridine rings is 1. The van der Waals surface area contributed by atoms with Crippen molar-refractivity contribution in [1.82, 2.24) is 20.0 Å². The number of hydrogen-bond donors (Lipinski definition) is 4. The van der Waals surface area contributed by atoms with E-state index in [4.69, 9.17) is 16.3 Å². The smallest absolute Gasteiger partial charge is 0.248 e. The number of alkyl halides is 2. The molecule has 2 aliphatic rings. The number of halogens is 6. The van der Waals surface area contributed by atoms with Gasteiger partial charge in [0.05, 0.1) is 46.6 Å². The first kappa shape index (κ1) is 31.1. The average Bonchev–Trinajstić information content (AvgIpc) is 3.44. The molecule has 0 spiro atoms. The van der Waals surface area contributed by atoms with E-state index < -0.39 is 88.1 Å². The number of thiol groups is 1. The van der Waals surface area contributed by atoms with Gasteiger partial charge in [0.2, 0.25) is 5.92 Å². The fraction of sp³-hybridized carbons (Fsp3) is 0.519. The second-order valence-corrected chi connectivity index (χ2v) is 13.8. The summed E-state index contributed by atoms with van der Waals surface area (Å²) in [6, 6.07) is 3.78. The Labute approximate surface area is 245 Å². The summed E-state index contributed by atoms with van der Waals surface area (Å²) < 4.78 is 76.5. The molecule has 1 saturated carbocycles. The number of aliphatic hydroxyl groups is 3. The highest BCUT2D eigenvalue weighted by Crippen LogP contribution is 2.61. The van der Waals surface area contributed by atoms with E-state index in [9.17, 15) is 37.3 Å². The van der Waals surface area contributed by atoms with Crippen molar-refractivity contribution in [2.75, 3.05) is 19.5 Å². The van der Waals surface area contributed by atoms with Crippen molar-refractivity contribution in [1.29, 1.82) is 0 Å². The molecule has 3 N–H and O–H groups in total. The van der Waals surface area contributed by atoms with Crippen molar-refractivity contribution in [2.24, 2.45) is 0 Å². The Morgan fingerprint density at radius 1 is 1.17 bits per heavy atom. The van der Waals surface area contributed by atoms with Crippen molar-refractivity contribution in [3.8, 4) is 11.3 Å². The van der Waals surface area contributed by atoms with Crippen LogP contribution in [0.4, 0.5) is 22.0 Å². The highest BCUT2D eigenvalue weighted by atomic mass is 35.5. The van der Waals surface area contributed by atoms with Crippen LogP contribution in [0.25, 0.3) is 11.3 Å². The van der Waals surface area contributed by atoms with Gasteiger partial charge in [-0.3, -0.25) is 4.98 Å². The molecule has 3 heterocycles. The number of aromatic nitrogens is 4. The van der Waals surface area contributed by atoms with Gasteiger partial charge in [-0.25, -0.2) is 37.5 Å². The van der Waals surface area contributed by atoms with E-state index >= 15 is 0 Å². The SMILES string of the molecule is CO[C@H]1C[SH]([C@H](c2ncccc2Cl)C2(O)CCC(F)(F)CC2)[C@H](CO)[C@H](O)[C@@H]1n1cc(-c2cc(F)c(F)c(F)c2)nn1. The summed E-state index contributed by atoms with van der Waals surface area (Å²) in [5, 5.41) is 40.5. The normalized spacial score (nSPS) is 28.9. The van der Waals surface area contributed by atoms with Crippen LogP contribution in [-0.4, -0.2) is 83.7 Å². The molecule has 1 aliphatic carbocycles. The van der Waals surface area contributed by atoms with Crippen LogP contribution >= 0.6 is 22.5 Å². The lowest BCUT2D eigenvalue weighted by Gasteiger charge is -2.53. The van der Waals surface area contributed by atoms with Gasteiger partial charge in [-0.2, -0.15) is 0 Å². The first-order chi connectivity index (χ1) is 19.9. The van der Waals surface area contributed by atoms with Crippen LogP contribution in [0.1, 0.15) is 42.7 Å². The predicted molar refractivity (Wildman–Crippen MR) is 146 cm³/mol. The van der Waals surface area contributed by atoms with Gasteiger partial charge < -0.3 is 20.1 Å². The van der Waals surface area contributed by atoms with Gasteiger partial charge in [0.25, 0.3) is 0 Å². The average molecular weight is 637 g/mol. The van der Waals surface area contributed by atoms with Gasteiger partial charge in [-0.05, 0) is 37.1 Å². The molecule has 6 atom stereocenters. The molecular formula is C27H30ClF5N4O4S. The Bertz CT molecular complexity index is 1400. The van der Waals surface area contributed by atoms with Crippen LogP contribution in [0, 0.1) is 17.5 Å². The van der Waals surface area contributed by atoms with Crippen molar-refractivity contribution in [3.63, 3.8) is 0 Å². The van der Waals surface area contributed by atoms with Crippen LogP contribution in [0.3, 0.4) is 0 Å². The summed E-state index contributed by atoms with van der Waals surface area (Å²) in [5.41, 5.74) is -1.43. The van der Waals surface area contributed by atoms with Gasteiger partial charge in [-0.1, -0.05) is 16.8 Å². The highest BCUT2D eigenvalue weighted by Gasteiger charge is 2.54. The summed E-state index contributed by atoms with van der Waals surface area (Å²) >= 11 is 6.52. The minimum absolute atomic E-state index is 0.00109. The van der Waals surface area contributed by atoms with E-state index in [1.165, 1.54) is 24.2 Å². The van der Waals surface area contributed by atoms with Gasteiger partial charge in [0.15, 0.2) is 17.5 Å². The predicted octanol–water partition coefficient (Wildman–Crippen LogP) is 4.39. The highest BCUT2D eigenvalue weighted by molar-refractivity contribution is 8.18. The minimum Gasteiger partial charge on any atom is -0.395 e. The molecule has 8 nitrogen and oxygen atoms in total. The molecule has 0 amide bonds. The second-order valence-electron chi connectivity index (χ2n) is 10.8. The molecule has 2 fully saturated rings. The summed E-state index contributed by atoms with van der Waals surface area (Å²) in [6.45, 7) is -0.525. The van der Waals surface area contributed by atoms with Gasteiger partial charge in [0.1, 0.15) is 11.7 Å². The molecule has 1 aromatic carbocycles. The van der Waals surface area contributed by atoms with Gasteiger partial charge >= 0.3 is 0 Å². The molecule has 15 heteroatoms. The zero-order valence-corrected chi connectivity index (χ0v) is 24.0. The quantitative estimate of drug-likeness (QED) is 0.173. The zero-order chi connectivity index (χ0) is 30.4. The number of methoxy groups -OCH3 is 1. The summed E-state index contributed by atoms with van der Waals surface area (Å²) in [5.74, 6) is -7.18. The Morgan fingerprint density at radius 2 is 1.83 bits per heavy atom. The largest absolute Gasteiger partial charge is 0.395 e. The van der Waals surface area contributed by atoms with Crippen LogP contribution in [0.5, 0.6) is 0 Å². The first-order valence-corrected chi connectivity index (χ1v) is 15.3. The van der Waals surface area contributed by atoms with Crippen molar-refractivity contribution >= 4 is 22.5 Å². The molecule has 42 heavy (non-hydrogen) atoms. The molecule has 230 valence electrons. The van der Waals surface area contributed by atoms with E-state index in [0.29, 0.717) is 5.69 Å². The van der Waals surface area contributed by atoms with Crippen molar-refractivity contribution in [2.45, 2.75) is 66.0 Å². The van der Waals surface area contributed by atoms with E-state index in [0.717, 1.165) is 12.1 Å². The standard InChI is InChI=1S/C27H30ClF5N4O4S/c1-41-19-13-42(25(22-15(28)3-2-8-34-22)26(40)4-6-27(32,33)7-5-26)20(12-38)24(39)23(19)37-11-18(35-36-37)14-9-16(29)21(31)17(30)10-14/h2-3,8-11,19-20,23-25,38-40,42H,4-7,12-13H2,1H3/t19-,20+,23+,24-,25+/m0/s1. The topological polar surface area (TPSA) is 114 Å². The van der Waals surface area contributed by atoms with Gasteiger partial charge in [-0.15, -0.1) is 5.10 Å². The van der Waals surface area contributed by atoms with E-state index in [1.54, 1.807) is 12.1 Å². The van der Waals surface area contributed by atoms with E-state index in [1.807, 2.05) is 0 Å². The maximum Gasteiger partial charge on any atom is 0.248 e. The molecule has 1 saturated heterocycles. The number of aliphatic hydroxyl groups excluding tert-OH is 2. The molecule has 0 bridgehead atoms. The van der Waals surface area contributed by atoms with Crippen LogP contribution in [0.2, 0.25) is 5.02 Å². The monoisotopic (exact) mass is 636 g/mol. The molecule has 3 aromatic rings. The Kier molecular flexibility index (Phi) is 8.85. The lowest BCUT2D eigenvalue weighted by Crippen LogP contribution is -2.54. The minimum atomic E-state index is -2.93. The molecular weight excluding hydrogens is 607 g/mol. The number of nitrogens with zero attached hydrogens (tertiary/aromatic N) is 4. The van der Waals surface area contributed by atoms with E-state index in [2.05, 4.69) is 15.3 Å². The molecule has 1 unspecified atom stereocenters. The van der Waals surface area contributed by atoms with Crippen LogP contribution in [0.15, 0.2) is 36.7 Å². The third-order valence-electron chi connectivity index (χ3n) is 8.26. The lowest BCUT2D eigenvalue weighted by atomic mass is 9.79. The zero-order valence-electron chi connectivity index (χ0n) is 22.3. The third-order valence-corrected chi connectivity index (χ3v) is 12.1. The maximum atomic E-state index is 14.2. The Morgan fingerprint density at radius 3 is 2.43 bits per heavy atom. The number of ether oxygens (including phenoxy) is 1. The first-order valence-electron chi connectivity index (χ1n) is 13.2. The lowest BCUT2D eigenvalue weighted by molar-refractivity contribution is -0.105. The van der Waals surface area contributed by atoms with Crippen molar-refractivity contribution < 1.29 is 42.0 Å². The van der Waals surface area contributed by atoms with E-state index in [-0.39, 0.29) is 34.9 Å². The van der Waals surface area contributed by atoms with Crippen LogP contribution < -0.4 is 0 Å². The maximum absolute atomic E-state index is 14.2. The molecule has 0 radical (unpaired) electrons. The second kappa shape index (κ2) is 12.0. The molecule has 1 aliphatic heterocycles. The number of hydrogen-bond acceptors (Lipinski definition) is 7. The van der Waals surface area contributed by atoms with Gasteiger partial charge in [0, 0.05) is 42.7 Å². The Balaban J connectivity index is 1.52. The number of benzene rings is 1. The fourth-order valence-electron chi connectivity index (χ4n) is 6.05. The Hall–Kier alpha value is -2.36. The number of rotatable bonds is 7. The molecule has 5 rings (SSSR count). The summed E-state index contributed by atoms with van der Waals surface area (Å²) in [4.78, 5) is 4.41. The van der Waals surface area contributed by atoms with Crippen molar-refractivity contribution in [3.05, 3.63) is 64.8 Å². The van der Waals surface area contributed by atoms with Crippen LogP contribution in [-0.2, 0) is 4.74 Å². The molecule has 2 aromatic heterocycles.